The van der Waals surface area contributed by atoms with E-state index in [1.54, 1.807) is 0 Å². The van der Waals surface area contributed by atoms with Gasteiger partial charge in [-0.15, -0.1) is 0 Å². The first-order chi connectivity index (χ1) is 16.9. The lowest BCUT2D eigenvalue weighted by Gasteiger charge is -2.48. The Balaban J connectivity index is 1.32. The number of piperidine rings is 1. The number of carbonyl (C=O) groups excluding carboxylic acids is 1. The molecule has 2 aromatic carbocycles. The largest absolute Gasteiger partial charge is 0.378 e. The summed E-state index contributed by atoms with van der Waals surface area (Å²) in [6.07, 6.45) is 3.67. The van der Waals surface area contributed by atoms with Gasteiger partial charge in [0, 0.05) is 35.1 Å². The quantitative estimate of drug-likeness (QED) is 0.490. The SMILES string of the molecule is CC(C)=CCn1nc(C(=O)NC2C[C@H]3COC[C@@H](C2)N3Cc2ccc(F)cc2)c2cc(Cl)ccc21. The Labute approximate surface area is 209 Å². The minimum atomic E-state index is -0.226. The number of morpholine rings is 1. The third kappa shape index (κ3) is 5.27. The van der Waals surface area contributed by atoms with E-state index in [1.807, 2.05) is 48.9 Å². The van der Waals surface area contributed by atoms with Crippen LogP contribution < -0.4 is 5.32 Å². The molecule has 184 valence electrons. The topological polar surface area (TPSA) is 59.4 Å². The maximum absolute atomic E-state index is 13.4. The second kappa shape index (κ2) is 10.1. The molecule has 2 aliphatic heterocycles. The smallest absolute Gasteiger partial charge is 0.272 e. The number of nitrogens with one attached hydrogen (secondary N) is 1. The summed E-state index contributed by atoms with van der Waals surface area (Å²) in [5.41, 5.74) is 3.56. The van der Waals surface area contributed by atoms with Crippen LogP contribution in [-0.4, -0.2) is 51.9 Å². The van der Waals surface area contributed by atoms with E-state index in [4.69, 9.17) is 16.3 Å². The van der Waals surface area contributed by atoms with Crippen LogP contribution in [0.2, 0.25) is 5.02 Å². The van der Waals surface area contributed by atoms with E-state index in [1.165, 1.54) is 17.7 Å². The predicted octanol–water partition coefficient (Wildman–Crippen LogP) is 4.96. The summed E-state index contributed by atoms with van der Waals surface area (Å²) in [6.45, 7) is 6.67. The fourth-order valence-corrected chi connectivity index (χ4v) is 5.32. The van der Waals surface area contributed by atoms with Gasteiger partial charge in [0.2, 0.25) is 0 Å². The standard InChI is InChI=1S/C27H30ClFN4O2/c1-17(2)9-10-33-25-8-5-19(28)11-24(25)26(31-33)27(34)30-21-12-22-15-35-16-23(13-21)32(22)14-18-3-6-20(29)7-4-18/h3-9,11,21-23H,10,12-16H2,1-2H3,(H,30,34)/t21?,22-,23+. The minimum absolute atomic E-state index is 0.0306. The van der Waals surface area contributed by atoms with Crippen molar-refractivity contribution in [1.29, 1.82) is 0 Å². The van der Waals surface area contributed by atoms with Gasteiger partial charge in [0.1, 0.15) is 5.82 Å². The molecule has 6 nitrogen and oxygen atoms in total. The Morgan fingerprint density at radius 1 is 1.17 bits per heavy atom. The molecular formula is C27H30ClFN4O2. The van der Waals surface area contributed by atoms with Crippen LogP contribution >= 0.6 is 11.6 Å². The summed E-state index contributed by atoms with van der Waals surface area (Å²) in [5, 5.41) is 9.23. The lowest BCUT2D eigenvalue weighted by molar-refractivity contribution is -0.0843. The summed E-state index contributed by atoms with van der Waals surface area (Å²) in [6, 6.07) is 12.6. The molecule has 3 atom stereocenters. The molecule has 1 N–H and O–H groups in total. The summed E-state index contributed by atoms with van der Waals surface area (Å²) in [5.74, 6) is -0.403. The summed E-state index contributed by atoms with van der Waals surface area (Å²) < 4.78 is 21.0. The van der Waals surface area contributed by atoms with Crippen LogP contribution in [0.3, 0.4) is 0 Å². The molecule has 1 amide bonds. The predicted molar refractivity (Wildman–Crippen MR) is 135 cm³/mol. The number of amides is 1. The van der Waals surface area contributed by atoms with E-state index in [2.05, 4.69) is 21.4 Å². The number of fused-ring (bicyclic) bond motifs is 3. The average Bonchev–Trinajstić information content (AvgIpc) is 3.17. The van der Waals surface area contributed by atoms with Crippen molar-refractivity contribution < 1.29 is 13.9 Å². The Morgan fingerprint density at radius 2 is 1.89 bits per heavy atom. The first kappa shape index (κ1) is 24.0. The summed E-state index contributed by atoms with van der Waals surface area (Å²) in [4.78, 5) is 15.8. The molecule has 2 bridgehead atoms. The summed E-state index contributed by atoms with van der Waals surface area (Å²) in [7, 11) is 0. The van der Waals surface area contributed by atoms with Gasteiger partial charge in [-0.3, -0.25) is 14.4 Å². The van der Waals surface area contributed by atoms with Gasteiger partial charge >= 0.3 is 0 Å². The number of ether oxygens (including phenoxy) is 1. The highest BCUT2D eigenvalue weighted by molar-refractivity contribution is 6.31. The number of benzene rings is 2. The third-order valence-electron chi connectivity index (χ3n) is 6.89. The highest BCUT2D eigenvalue weighted by Gasteiger charge is 2.39. The second-order valence-corrected chi connectivity index (χ2v) is 10.2. The van der Waals surface area contributed by atoms with Crippen LogP contribution in [0.25, 0.3) is 10.9 Å². The van der Waals surface area contributed by atoms with Crippen LogP contribution in [0.5, 0.6) is 0 Å². The molecule has 5 rings (SSSR count). The fraction of sp³-hybridized carbons (Fsp3) is 0.407. The molecule has 8 heteroatoms. The lowest BCUT2D eigenvalue weighted by Crippen LogP contribution is -2.60. The highest BCUT2D eigenvalue weighted by atomic mass is 35.5. The Bertz CT molecular complexity index is 1240. The molecule has 2 aliphatic rings. The molecule has 0 radical (unpaired) electrons. The lowest BCUT2D eigenvalue weighted by atomic mass is 9.89. The van der Waals surface area contributed by atoms with Gasteiger partial charge in [-0.1, -0.05) is 35.4 Å². The van der Waals surface area contributed by atoms with Gasteiger partial charge in [0.05, 0.1) is 25.3 Å². The van der Waals surface area contributed by atoms with Crippen molar-refractivity contribution in [2.24, 2.45) is 0 Å². The van der Waals surface area contributed by atoms with Crippen molar-refractivity contribution in [3.63, 3.8) is 0 Å². The molecule has 1 aromatic heterocycles. The number of hydrogen-bond donors (Lipinski definition) is 1. The molecule has 1 unspecified atom stereocenters. The summed E-state index contributed by atoms with van der Waals surface area (Å²) >= 11 is 6.26. The zero-order chi connectivity index (χ0) is 24.5. The van der Waals surface area contributed by atoms with E-state index in [9.17, 15) is 9.18 Å². The minimum Gasteiger partial charge on any atom is -0.378 e. The van der Waals surface area contributed by atoms with Crippen molar-refractivity contribution >= 4 is 28.4 Å². The Morgan fingerprint density at radius 3 is 2.57 bits per heavy atom. The number of nitrogens with zero attached hydrogens (tertiary/aromatic N) is 3. The molecule has 3 heterocycles. The first-order valence-corrected chi connectivity index (χ1v) is 12.4. The van der Waals surface area contributed by atoms with Crippen molar-refractivity contribution in [1.82, 2.24) is 20.0 Å². The molecular weight excluding hydrogens is 467 g/mol. The van der Waals surface area contributed by atoms with Gasteiger partial charge < -0.3 is 10.1 Å². The van der Waals surface area contributed by atoms with E-state index >= 15 is 0 Å². The zero-order valence-corrected chi connectivity index (χ0v) is 20.8. The van der Waals surface area contributed by atoms with E-state index < -0.39 is 0 Å². The normalized spacial score (nSPS) is 22.2. The first-order valence-electron chi connectivity index (χ1n) is 12.1. The number of halogens is 2. The number of rotatable bonds is 6. The second-order valence-electron chi connectivity index (χ2n) is 9.76. The molecule has 2 fully saturated rings. The molecule has 0 saturated carbocycles. The van der Waals surface area contributed by atoms with Crippen molar-refractivity contribution in [2.75, 3.05) is 13.2 Å². The monoisotopic (exact) mass is 496 g/mol. The number of aromatic nitrogens is 2. The molecule has 0 spiro atoms. The maximum atomic E-state index is 13.4. The van der Waals surface area contributed by atoms with Crippen LogP contribution in [0.4, 0.5) is 4.39 Å². The Hall–Kier alpha value is -2.74. The van der Waals surface area contributed by atoms with Crippen LogP contribution in [0, 0.1) is 5.82 Å². The van der Waals surface area contributed by atoms with E-state index in [-0.39, 0.29) is 29.8 Å². The number of hydrogen-bond acceptors (Lipinski definition) is 4. The van der Waals surface area contributed by atoms with Crippen molar-refractivity contribution in [3.8, 4) is 0 Å². The highest BCUT2D eigenvalue weighted by Crippen LogP contribution is 2.30. The van der Waals surface area contributed by atoms with Gasteiger partial charge in [-0.05, 0) is 62.6 Å². The van der Waals surface area contributed by atoms with E-state index in [0.29, 0.717) is 30.5 Å². The van der Waals surface area contributed by atoms with Gasteiger partial charge in [0.15, 0.2) is 5.69 Å². The number of carbonyl (C=O) groups is 1. The number of allylic oxidation sites excluding steroid dienone is 2. The van der Waals surface area contributed by atoms with Crippen molar-refractivity contribution in [2.45, 2.75) is 57.9 Å². The maximum Gasteiger partial charge on any atom is 0.272 e. The van der Waals surface area contributed by atoms with E-state index in [0.717, 1.165) is 35.9 Å². The van der Waals surface area contributed by atoms with Crippen molar-refractivity contribution in [3.05, 3.63) is 76.2 Å². The molecule has 35 heavy (non-hydrogen) atoms. The van der Waals surface area contributed by atoms with Crippen LogP contribution in [0.1, 0.15) is 42.7 Å². The average molecular weight is 497 g/mol. The fourth-order valence-electron chi connectivity index (χ4n) is 5.15. The van der Waals surface area contributed by atoms with Crippen LogP contribution in [-0.2, 0) is 17.8 Å². The Kier molecular flexibility index (Phi) is 6.91. The molecule has 0 aliphatic carbocycles. The molecule has 3 aromatic rings. The van der Waals surface area contributed by atoms with Gasteiger partial charge in [-0.25, -0.2) is 4.39 Å². The van der Waals surface area contributed by atoms with Crippen LogP contribution in [0.15, 0.2) is 54.1 Å². The van der Waals surface area contributed by atoms with Gasteiger partial charge in [0.25, 0.3) is 5.91 Å². The third-order valence-corrected chi connectivity index (χ3v) is 7.12. The zero-order valence-electron chi connectivity index (χ0n) is 20.0. The van der Waals surface area contributed by atoms with Gasteiger partial charge in [-0.2, -0.15) is 5.10 Å². The molecule has 2 saturated heterocycles.